The Balaban J connectivity index is 1.56. The zero-order valence-electron chi connectivity index (χ0n) is 11.9. The number of Topliss-reactive ketones (excluding diaryl/α,β-unsaturated/α-hetero) is 1. The fourth-order valence-corrected chi connectivity index (χ4v) is 4.03. The zero-order chi connectivity index (χ0) is 15.3. The molecule has 4 rings (SSSR count). The summed E-state index contributed by atoms with van der Waals surface area (Å²) in [6, 6.07) is 9.11. The Morgan fingerprint density at radius 2 is 2.09 bits per heavy atom. The van der Waals surface area contributed by atoms with Gasteiger partial charge in [-0.25, -0.2) is 4.98 Å². The van der Waals surface area contributed by atoms with Gasteiger partial charge >= 0.3 is 0 Å². The van der Waals surface area contributed by atoms with E-state index in [9.17, 15) is 9.59 Å². The fraction of sp³-hybridized carbons (Fsp3) is 0.353. The van der Waals surface area contributed by atoms with Crippen molar-refractivity contribution in [1.29, 1.82) is 0 Å². The van der Waals surface area contributed by atoms with E-state index >= 15 is 0 Å². The zero-order valence-corrected chi connectivity index (χ0v) is 12.6. The molecule has 1 heterocycles. The van der Waals surface area contributed by atoms with Crippen LogP contribution in [-0.2, 0) is 9.59 Å². The number of rotatable bonds is 2. The third-order valence-electron chi connectivity index (χ3n) is 4.83. The second-order valence-corrected chi connectivity index (χ2v) is 6.62. The van der Waals surface area contributed by atoms with E-state index in [0.717, 1.165) is 23.7 Å². The van der Waals surface area contributed by atoms with Crippen molar-refractivity contribution in [1.82, 2.24) is 4.98 Å². The highest BCUT2D eigenvalue weighted by Gasteiger charge is 2.48. The first-order valence-corrected chi connectivity index (χ1v) is 7.88. The average molecular weight is 315 g/mol. The minimum Gasteiger partial charge on any atom is -0.310 e. The lowest BCUT2D eigenvalue weighted by atomic mass is 9.87. The predicted molar refractivity (Wildman–Crippen MR) is 84.7 cm³/mol. The van der Waals surface area contributed by atoms with Gasteiger partial charge in [-0.15, -0.1) is 0 Å². The Bertz CT molecular complexity index is 789. The molecule has 1 amide bonds. The number of ketones is 1. The van der Waals surface area contributed by atoms with Crippen LogP contribution in [0.15, 0.2) is 30.3 Å². The van der Waals surface area contributed by atoms with Gasteiger partial charge in [-0.2, -0.15) is 0 Å². The van der Waals surface area contributed by atoms with Crippen molar-refractivity contribution in [3.8, 4) is 0 Å². The van der Waals surface area contributed by atoms with Crippen molar-refractivity contribution in [2.45, 2.75) is 19.3 Å². The van der Waals surface area contributed by atoms with Gasteiger partial charge in [-0.1, -0.05) is 17.7 Å². The second-order valence-electron chi connectivity index (χ2n) is 6.21. The van der Waals surface area contributed by atoms with Crippen LogP contribution in [0.3, 0.4) is 0 Å². The summed E-state index contributed by atoms with van der Waals surface area (Å²) in [6.07, 6.45) is 2.35. The number of anilines is 1. The SMILES string of the molecule is O=C(Nc1ccc2c(Cl)cccc2n1)C1C[C@H]2CC(=O)[C@@H]1C2. The molecule has 0 aliphatic heterocycles. The number of nitrogens with one attached hydrogen (secondary N) is 1. The molecule has 3 atom stereocenters. The number of nitrogens with zero attached hydrogens (tertiary/aromatic N) is 1. The number of fused-ring (bicyclic) bond motifs is 3. The maximum Gasteiger partial charge on any atom is 0.229 e. The van der Waals surface area contributed by atoms with E-state index in [1.807, 2.05) is 24.3 Å². The van der Waals surface area contributed by atoms with E-state index < -0.39 is 0 Å². The minimum atomic E-state index is -0.192. The predicted octanol–water partition coefficient (Wildman–Crippen LogP) is 3.44. The minimum absolute atomic E-state index is 0.0834. The number of hydrogen-bond donors (Lipinski definition) is 1. The maximum absolute atomic E-state index is 12.4. The van der Waals surface area contributed by atoms with Gasteiger partial charge in [0.05, 0.1) is 5.52 Å². The summed E-state index contributed by atoms with van der Waals surface area (Å²) in [5.41, 5.74) is 0.745. The van der Waals surface area contributed by atoms with Gasteiger partial charge in [0.2, 0.25) is 5.91 Å². The van der Waals surface area contributed by atoms with Gasteiger partial charge in [0, 0.05) is 28.7 Å². The van der Waals surface area contributed by atoms with Crippen molar-refractivity contribution < 1.29 is 9.59 Å². The second kappa shape index (κ2) is 5.06. The van der Waals surface area contributed by atoms with Gasteiger partial charge in [-0.05, 0) is 43.0 Å². The highest BCUT2D eigenvalue weighted by Crippen LogP contribution is 2.46. The van der Waals surface area contributed by atoms with Crippen LogP contribution in [0.25, 0.3) is 10.9 Å². The van der Waals surface area contributed by atoms with Crippen LogP contribution in [0.1, 0.15) is 19.3 Å². The first-order valence-electron chi connectivity index (χ1n) is 7.50. The standard InChI is InChI=1S/C17H15ClN2O2/c18-13-2-1-3-14-10(13)4-5-16(19-14)20-17(22)12-7-9-6-11(12)15(21)8-9/h1-5,9,11-12H,6-8H2,(H,19,20,22)/t9-,11+,12?/m0/s1. The van der Waals surface area contributed by atoms with Crippen molar-refractivity contribution in [2.75, 3.05) is 5.32 Å². The molecule has 2 aliphatic carbocycles. The van der Waals surface area contributed by atoms with E-state index in [0.29, 0.717) is 23.2 Å². The summed E-state index contributed by atoms with van der Waals surface area (Å²) >= 11 is 6.11. The molecule has 1 N–H and O–H groups in total. The Hall–Kier alpha value is -1.94. The number of carbonyl (C=O) groups is 2. The lowest BCUT2D eigenvalue weighted by molar-refractivity contribution is -0.130. The van der Waals surface area contributed by atoms with Crippen LogP contribution in [0.2, 0.25) is 5.02 Å². The highest BCUT2D eigenvalue weighted by atomic mass is 35.5. The lowest BCUT2D eigenvalue weighted by Gasteiger charge is -2.19. The van der Waals surface area contributed by atoms with Gasteiger partial charge in [0.15, 0.2) is 0 Å². The summed E-state index contributed by atoms with van der Waals surface area (Å²) in [4.78, 5) is 28.7. The first-order chi connectivity index (χ1) is 10.6. The molecule has 1 aromatic carbocycles. The van der Waals surface area contributed by atoms with Gasteiger partial charge in [-0.3, -0.25) is 9.59 Å². The largest absolute Gasteiger partial charge is 0.310 e. The van der Waals surface area contributed by atoms with Crippen LogP contribution in [0.4, 0.5) is 5.82 Å². The molecule has 2 bridgehead atoms. The van der Waals surface area contributed by atoms with E-state index in [2.05, 4.69) is 10.3 Å². The number of carbonyl (C=O) groups excluding carboxylic acids is 2. The summed E-state index contributed by atoms with van der Waals surface area (Å²) in [7, 11) is 0. The molecule has 5 heteroatoms. The molecule has 0 radical (unpaired) electrons. The molecule has 4 nitrogen and oxygen atoms in total. The molecule has 22 heavy (non-hydrogen) atoms. The van der Waals surface area contributed by atoms with Crippen LogP contribution in [0, 0.1) is 17.8 Å². The van der Waals surface area contributed by atoms with E-state index in [1.54, 1.807) is 6.07 Å². The quantitative estimate of drug-likeness (QED) is 0.923. The molecule has 0 saturated heterocycles. The average Bonchev–Trinajstić information content (AvgIpc) is 3.06. The number of aromatic nitrogens is 1. The Labute approximate surface area is 132 Å². The lowest BCUT2D eigenvalue weighted by Crippen LogP contribution is -2.31. The molecular weight excluding hydrogens is 300 g/mol. The van der Waals surface area contributed by atoms with Gasteiger partial charge < -0.3 is 5.32 Å². The van der Waals surface area contributed by atoms with Crippen LogP contribution < -0.4 is 5.32 Å². The van der Waals surface area contributed by atoms with Crippen molar-refractivity contribution in [2.24, 2.45) is 17.8 Å². The van der Waals surface area contributed by atoms with Crippen LogP contribution >= 0.6 is 11.6 Å². The molecule has 112 valence electrons. The first kappa shape index (κ1) is 13.7. The van der Waals surface area contributed by atoms with Crippen LogP contribution in [0.5, 0.6) is 0 Å². The molecule has 1 unspecified atom stereocenters. The Kier molecular flexibility index (Phi) is 3.15. The maximum atomic E-state index is 12.4. The van der Waals surface area contributed by atoms with E-state index in [-0.39, 0.29) is 23.5 Å². The summed E-state index contributed by atoms with van der Waals surface area (Å²) in [6.45, 7) is 0. The highest BCUT2D eigenvalue weighted by molar-refractivity contribution is 6.35. The number of benzene rings is 1. The number of hydrogen-bond acceptors (Lipinski definition) is 3. The normalized spacial score (nSPS) is 26.6. The van der Waals surface area contributed by atoms with Gasteiger partial charge in [0.1, 0.15) is 11.6 Å². The molecule has 2 aliphatic rings. The molecule has 2 fully saturated rings. The van der Waals surface area contributed by atoms with Gasteiger partial charge in [0.25, 0.3) is 0 Å². The van der Waals surface area contributed by atoms with Crippen molar-refractivity contribution in [3.05, 3.63) is 35.4 Å². The van der Waals surface area contributed by atoms with E-state index in [1.165, 1.54) is 0 Å². The summed E-state index contributed by atoms with van der Waals surface area (Å²) in [5, 5.41) is 4.35. The number of halogens is 1. The summed E-state index contributed by atoms with van der Waals surface area (Å²) in [5.74, 6) is 0.790. The molecule has 2 saturated carbocycles. The van der Waals surface area contributed by atoms with E-state index in [4.69, 9.17) is 11.6 Å². The van der Waals surface area contributed by atoms with Crippen LogP contribution in [-0.4, -0.2) is 16.7 Å². The summed E-state index contributed by atoms with van der Waals surface area (Å²) < 4.78 is 0. The molecule has 2 aromatic rings. The third-order valence-corrected chi connectivity index (χ3v) is 5.16. The monoisotopic (exact) mass is 314 g/mol. The Morgan fingerprint density at radius 1 is 1.23 bits per heavy atom. The fourth-order valence-electron chi connectivity index (χ4n) is 3.80. The molecule has 1 aromatic heterocycles. The molecular formula is C17H15ClN2O2. The smallest absolute Gasteiger partial charge is 0.229 e. The topological polar surface area (TPSA) is 59.1 Å². The third kappa shape index (κ3) is 2.18. The van der Waals surface area contributed by atoms with Crippen molar-refractivity contribution in [3.63, 3.8) is 0 Å². The number of pyridine rings is 1. The Morgan fingerprint density at radius 3 is 2.86 bits per heavy atom. The number of amides is 1. The molecule has 0 spiro atoms. The van der Waals surface area contributed by atoms with Crippen molar-refractivity contribution >= 4 is 40.0 Å².